The number of aromatic nitrogens is 1. The molecule has 1 aromatic carbocycles. The number of aryl methyl sites for hydroxylation is 1. The standard InChI is InChI=1S/C21H20N4O2S/c1-13-4-5-15-17(11-13)24-20(26)16(12-22)19(15)25-8-6-14(7-9-25)23-21(27)18-3-2-10-28-18/h2-5,10-11,14H,6-9H2,1H3,(H,23,27)(H,24,26). The van der Waals surface area contributed by atoms with Crippen molar-refractivity contribution in [2.24, 2.45) is 0 Å². The van der Waals surface area contributed by atoms with Gasteiger partial charge in [0.2, 0.25) is 0 Å². The van der Waals surface area contributed by atoms with E-state index in [2.05, 4.69) is 21.3 Å². The predicted molar refractivity (Wildman–Crippen MR) is 111 cm³/mol. The van der Waals surface area contributed by atoms with Crippen LogP contribution in [-0.4, -0.2) is 30.0 Å². The Morgan fingerprint density at radius 3 is 2.79 bits per heavy atom. The first-order valence-corrected chi connectivity index (χ1v) is 10.1. The third-order valence-electron chi connectivity index (χ3n) is 5.15. The summed E-state index contributed by atoms with van der Waals surface area (Å²) in [4.78, 5) is 30.3. The lowest BCUT2D eigenvalue weighted by Crippen LogP contribution is -2.45. The van der Waals surface area contributed by atoms with E-state index in [9.17, 15) is 14.9 Å². The Morgan fingerprint density at radius 2 is 2.11 bits per heavy atom. The van der Waals surface area contributed by atoms with E-state index in [0.29, 0.717) is 23.7 Å². The minimum atomic E-state index is -0.358. The van der Waals surface area contributed by atoms with Crippen LogP contribution in [0, 0.1) is 18.3 Å². The number of amides is 1. The Hall–Kier alpha value is -3.11. The van der Waals surface area contributed by atoms with Gasteiger partial charge in [-0.05, 0) is 42.8 Å². The molecule has 1 aliphatic rings. The van der Waals surface area contributed by atoms with E-state index in [1.807, 2.05) is 42.6 Å². The van der Waals surface area contributed by atoms with Gasteiger partial charge in [0.15, 0.2) is 0 Å². The summed E-state index contributed by atoms with van der Waals surface area (Å²) in [6.45, 7) is 3.32. The van der Waals surface area contributed by atoms with Crippen molar-refractivity contribution in [3.8, 4) is 6.07 Å². The summed E-state index contributed by atoms with van der Waals surface area (Å²) in [6, 6.07) is 11.7. The number of nitriles is 1. The maximum Gasteiger partial charge on any atom is 0.268 e. The molecular weight excluding hydrogens is 372 g/mol. The van der Waals surface area contributed by atoms with Gasteiger partial charge in [-0.15, -0.1) is 11.3 Å². The maximum absolute atomic E-state index is 12.4. The van der Waals surface area contributed by atoms with E-state index in [0.717, 1.165) is 29.3 Å². The van der Waals surface area contributed by atoms with Crippen LogP contribution in [0.4, 0.5) is 5.69 Å². The van der Waals surface area contributed by atoms with E-state index in [1.54, 1.807) is 0 Å². The van der Waals surface area contributed by atoms with Gasteiger partial charge in [-0.2, -0.15) is 5.26 Å². The zero-order chi connectivity index (χ0) is 19.7. The van der Waals surface area contributed by atoms with Crippen LogP contribution >= 0.6 is 11.3 Å². The number of H-pyrrole nitrogens is 1. The third kappa shape index (κ3) is 3.39. The molecule has 0 aliphatic carbocycles. The van der Waals surface area contributed by atoms with Gasteiger partial charge in [0.1, 0.15) is 11.6 Å². The zero-order valence-electron chi connectivity index (χ0n) is 15.5. The molecule has 3 heterocycles. The fourth-order valence-corrected chi connectivity index (χ4v) is 4.37. The van der Waals surface area contributed by atoms with Crippen molar-refractivity contribution in [3.63, 3.8) is 0 Å². The minimum absolute atomic E-state index is 0.0387. The monoisotopic (exact) mass is 392 g/mol. The normalized spacial score (nSPS) is 14.8. The van der Waals surface area contributed by atoms with Crippen LogP contribution in [-0.2, 0) is 0 Å². The molecule has 0 bridgehead atoms. The second kappa shape index (κ2) is 7.49. The lowest BCUT2D eigenvalue weighted by atomic mass is 10.0. The van der Waals surface area contributed by atoms with Gasteiger partial charge in [0.05, 0.1) is 16.1 Å². The molecule has 7 heteroatoms. The quantitative estimate of drug-likeness (QED) is 0.716. The first-order valence-electron chi connectivity index (χ1n) is 9.23. The molecule has 0 saturated carbocycles. The Labute approximate surface area is 166 Å². The van der Waals surface area contributed by atoms with Crippen LogP contribution in [0.1, 0.15) is 33.6 Å². The van der Waals surface area contributed by atoms with E-state index in [4.69, 9.17) is 0 Å². The molecule has 1 amide bonds. The molecule has 6 nitrogen and oxygen atoms in total. The van der Waals surface area contributed by atoms with Crippen LogP contribution < -0.4 is 15.8 Å². The van der Waals surface area contributed by atoms with E-state index < -0.39 is 0 Å². The van der Waals surface area contributed by atoms with Gasteiger partial charge in [0, 0.05) is 24.5 Å². The van der Waals surface area contributed by atoms with Gasteiger partial charge in [-0.1, -0.05) is 18.2 Å². The zero-order valence-corrected chi connectivity index (χ0v) is 16.3. The molecule has 1 aliphatic heterocycles. The highest BCUT2D eigenvalue weighted by Crippen LogP contribution is 2.30. The van der Waals surface area contributed by atoms with Crippen molar-refractivity contribution in [3.05, 3.63) is 62.1 Å². The van der Waals surface area contributed by atoms with Crippen molar-refractivity contribution in [1.82, 2.24) is 10.3 Å². The summed E-state index contributed by atoms with van der Waals surface area (Å²) in [7, 11) is 0. The van der Waals surface area contributed by atoms with E-state index >= 15 is 0 Å². The molecule has 28 heavy (non-hydrogen) atoms. The fourth-order valence-electron chi connectivity index (χ4n) is 3.74. The molecule has 1 fully saturated rings. The molecule has 2 N–H and O–H groups in total. The number of piperidine rings is 1. The highest BCUT2D eigenvalue weighted by atomic mass is 32.1. The van der Waals surface area contributed by atoms with Crippen molar-refractivity contribution in [2.75, 3.05) is 18.0 Å². The Bertz CT molecular complexity index is 1120. The highest BCUT2D eigenvalue weighted by molar-refractivity contribution is 7.12. The number of nitrogens with one attached hydrogen (secondary N) is 2. The number of nitrogens with zero attached hydrogens (tertiary/aromatic N) is 2. The smallest absolute Gasteiger partial charge is 0.268 e. The SMILES string of the molecule is Cc1ccc2c(N3CCC(NC(=O)c4cccs4)CC3)c(C#N)c(=O)[nH]c2c1. The Kier molecular flexibility index (Phi) is 4.88. The number of carbonyl (C=O) groups excluding carboxylic acids is 1. The average Bonchev–Trinajstić information content (AvgIpc) is 3.22. The molecule has 2 aromatic heterocycles. The van der Waals surface area contributed by atoms with E-state index in [-0.39, 0.29) is 23.1 Å². The number of rotatable bonds is 3. The lowest BCUT2D eigenvalue weighted by molar-refractivity contribution is 0.0935. The van der Waals surface area contributed by atoms with Gasteiger partial charge >= 0.3 is 0 Å². The van der Waals surface area contributed by atoms with Crippen LogP contribution in [0.15, 0.2) is 40.5 Å². The number of thiophene rings is 1. The van der Waals surface area contributed by atoms with Gasteiger partial charge in [0.25, 0.3) is 11.5 Å². The van der Waals surface area contributed by atoms with Crippen LogP contribution in [0.3, 0.4) is 0 Å². The summed E-state index contributed by atoms with van der Waals surface area (Å²) in [6.07, 6.45) is 1.53. The minimum Gasteiger partial charge on any atom is -0.370 e. The summed E-state index contributed by atoms with van der Waals surface area (Å²) in [5.74, 6) is -0.0387. The number of pyridine rings is 1. The summed E-state index contributed by atoms with van der Waals surface area (Å²) in [5, 5.41) is 15.4. The molecule has 142 valence electrons. The topological polar surface area (TPSA) is 89.0 Å². The first-order chi connectivity index (χ1) is 13.6. The Balaban J connectivity index is 1.58. The second-order valence-electron chi connectivity index (χ2n) is 7.05. The van der Waals surface area contributed by atoms with Crippen molar-refractivity contribution < 1.29 is 4.79 Å². The number of carbonyl (C=O) groups is 1. The number of fused-ring (bicyclic) bond motifs is 1. The third-order valence-corrected chi connectivity index (χ3v) is 6.01. The maximum atomic E-state index is 12.4. The molecule has 0 radical (unpaired) electrons. The summed E-state index contributed by atoms with van der Waals surface area (Å²) < 4.78 is 0. The number of aromatic amines is 1. The molecule has 0 spiro atoms. The fraction of sp³-hybridized carbons (Fsp3) is 0.286. The molecule has 4 rings (SSSR count). The van der Waals surface area contributed by atoms with Crippen molar-refractivity contribution in [1.29, 1.82) is 5.26 Å². The average molecular weight is 392 g/mol. The van der Waals surface area contributed by atoms with Crippen LogP contribution in [0.5, 0.6) is 0 Å². The number of hydrogen-bond donors (Lipinski definition) is 2. The number of benzene rings is 1. The summed E-state index contributed by atoms with van der Waals surface area (Å²) in [5.41, 5.74) is 2.28. The van der Waals surface area contributed by atoms with Gasteiger partial charge < -0.3 is 15.2 Å². The largest absolute Gasteiger partial charge is 0.370 e. The van der Waals surface area contributed by atoms with E-state index in [1.165, 1.54) is 11.3 Å². The molecule has 0 atom stereocenters. The first kappa shape index (κ1) is 18.3. The van der Waals surface area contributed by atoms with Crippen LogP contribution in [0.25, 0.3) is 10.9 Å². The second-order valence-corrected chi connectivity index (χ2v) is 8.00. The number of anilines is 1. The predicted octanol–water partition coefficient (Wildman–Crippen LogP) is 3.17. The van der Waals surface area contributed by atoms with Gasteiger partial charge in [-0.3, -0.25) is 9.59 Å². The Morgan fingerprint density at radius 1 is 1.32 bits per heavy atom. The van der Waals surface area contributed by atoms with Crippen LogP contribution in [0.2, 0.25) is 0 Å². The van der Waals surface area contributed by atoms with Gasteiger partial charge in [-0.25, -0.2) is 0 Å². The molecule has 3 aromatic rings. The summed E-state index contributed by atoms with van der Waals surface area (Å²) >= 11 is 1.43. The van der Waals surface area contributed by atoms with Crippen molar-refractivity contribution in [2.45, 2.75) is 25.8 Å². The number of hydrogen-bond acceptors (Lipinski definition) is 5. The molecular formula is C21H20N4O2S. The highest BCUT2D eigenvalue weighted by Gasteiger charge is 2.25. The van der Waals surface area contributed by atoms with Crippen molar-refractivity contribution >= 4 is 33.8 Å². The lowest BCUT2D eigenvalue weighted by Gasteiger charge is -2.34. The molecule has 1 saturated heterocycles. The molecule has 0 unspecified atom stereocenters.